The van der Waals surface area contributed by atoms with Crippen LogP contribution in [0.1, 0.15) is 85.0 Å². The van der Waals surface area contributed by atoms with Gasteiger partial charge in [-0.2, -0.15) is 0 Å². The van der Waals surface area contributed by atoms with Crippen molar-refractivity contribution in [1.82, 2.24) is 0 Å². The van der Waals surface area contributed by atoms with E-state index in [9.17, 15) is 4.79 Å². The second kappa shape index (κ2) is 6.70. The van der Waals surface area contributed by atoms with Crippen LogP contribution in [0.2, 0.25) is 0 Å². The van der Waals surface area contributed by atoms with Crippen molar-refractivity contribution in [2.24, 2.45) is 34.5 Å². The summed E-state index contributed by atoms with van der Waals surface area (Å²) < 4.78 is 18.4. The van der Waals surface area contributed by atoms with E-state index in [-0.39, 0.29) is 23.3 Å². The fraction of sp³-hybridized carbons (Fsp3) is 0.958. The van der Waals surface area contributed by atoms with Crippen LogP contribution in [0.3, 0.4) is 0 Å². The first-order chi connectivity index (χ1) is 13.4. The first-order valence-electron chi connectivity index (χ1n) is 11.8. The van der Waals surface area contributed by atoms with Gasteiger partial charge in [0.15, 0.2) is 5.79 Å². The third-order valence-electron chi connectivity index (χ3n) is 9.95. The van der Waals surface area contributed by atoms with E-state index < -0.39 is 0 Å². The molecule has 0 aromatic rings. The molecule has 4 nitrogen and oxygen atoms in total. The fourth-order valence-corrected chi connectivity index (χ4v) is 8.57. The number of fused-ring (bicyclic) bond motifs is 6. The molecule has 1 unspecified atom stereocenters. The van der Waals surface area contributed by atoms with E-state index >= 15 is 0 Å². The first-order valence-corrected chi connectivity index (χ1v) is 11.8. The molecule has 1 spiro atoms. The summed E-state index contributed by atoms with van der Waals surface area (Å²) in [6, 6.07) is 0. The second-order valence-corrected chi connectivity index (χ2v) is 11.0. The van der Waals surface area contributed by atoms with E-state index in [1.165, 1.54) is 38.5 Å². The molecule has 5 fully saturated rings. The topological polar surface area (TPSA) is 44.8 Å². The molecule has 4 saturated carbocycles. The quantitative estimate of drug-likeness (QED) is 0.585. The predicted octanol–water partition coefficient (Wildman–Crippen LogP) is 5.09. The Bertz CT molecular complexity index is 626. The molecule has 0 aromatic carbocycles. The molecular formula is C24H38O4. The highest BCUT2D eigenvalue weighted by atomic mass is 16.7. The van der Waals surface area contributed by atoms with E-state index in [0.717, 1.165) is 56.7 Å². The van der Waals surface area contributed by atoms with Crippen molar-refractivity contribution in [3.8, 4) is 0 Å². The van der Waals surface area contributed by atoms with E-state index in [1.807, 2.05) is 0 Å². The summed E-state index contributed by atoms with van der Waals surface area (Å²) in [6.07, 6.45) is 12.1. The van der Waals surface area contributed by atoms with Crippen LogP contribution in [0, 0.1) is 34.5 Å². The number of carbonyl (C=O) groups excluding carboxylic acids is 1. The minimum Gasteiger partial charge on any atom is -0.463 e. The molecule has 4 heteroatoms. The van der Waals surface area contributed by atoms with Gasteiger partial charge in [-0.25, -0.2) is 0 Å². The number of carbonyl (C=O) groups is 1. The molecule has 0 N–H and O–H groups in total. The van der Waals surface area contributed by atoms with Crippen LogP contribution in [0.15, 0.2) is 0 Å². The maximum Gasteiger partial charge on any atom is 0.302 e. The third-order valence-corrected chi connectivity index (χ3v) is 9.95. The highest BCUT2D eigenvalue weighted by Crippen LogP contribution is 2.69. The molecule has 158 valence electrons. The van der Waals surface area contributed by atoms with Gasteiger partial charge in [-0.15, -0.1) is 0 Å². The van der Waals surface area contributed by atoms with Crippen molar-refractivity contribution in [2.75, 3.05) is 13.2 Å². The summed E-state index contributed by atoms with van der Waals surface area (Å²) in [5.74, 6) is 2.69. The highest BCUT2D eigenvalue weighted by Gasteiger charge is 2.66. The molecule has 0 aromatic heterocycles. The van der Waals surface area contributed by atoms with Gasteiger partial charge in [-0.1, -0.05) is 13.8 Å². The molecule has 1 aliphatic heterocycles. The lowest BCUT2D eigenvalue weighted by molar-refractivity contribution is -0.324. The molecular weight excluding hydrogens is 352 g/mol. The average Bonchev–Trinajstić information content (AvgIpc) is 2.94. The second-order valence-electron chi connectivity index (χ2n) is 11.0. The monoisotopic (exact) mass is 390 g/mol. The number of hydrogen-bond donors (Lipinski definition) is 0. The number of rotatable bonds is 1. The first kappa shape index (κ1) is 19.4. The lowest BCUT2D eigenvalue weighted by atomic mass is 9.45. The van der Waals surface area contributed by atoms with Crippen LogP contribution in [-0.4, -0.2) is 31.1 Å². The summed E-state index contributed by atoms with van der Waals surface area (Å²) in [5.41, 5.74) is 0.609. The van der Waals surface area contributed by atoms with Crippen LogP contribution in [-0.2, 0) is 19.0 Å². The van der Waals surface area contributed by atoms with Gasteiger partial charge in [-0.05, 0) is 86.9 Å². The van der Waals surface area contributed by atoms with Crippen molar-refractivity contribution in [3.05, 3.63) is 0 Å². The zero-order valence-corrected chi connectivity index (χ0v) is 18.0. The third kappa shape index (κ3) is 2.66. The minimum atomic E-state index is -0.300. The molecule has 7 atom stereocenters. The van der Waals surface area contributed by atoms with Crippen molar-refractivity contribution >= 4 is 5.97 Å². The van der Waals surface area contributed by atoms with Gasteiger partial charge in [0, 0.05) is 18.8 Å². The molecule has 5 aliphatic rings. The average molecular weight is 391 g/mol. The Kier molecular flexibility index (Phi) is 4.63. The Balaban J connectivity index is 1.36. The van der Waals surface area contributed by atoms with Crippen LogP contribution in [0.5, 0.6) is 0 Å². The maximum absolute atomic E-state index is 11.4. The smallest absolute Gasteiger partial charge is 0.302 e. The Morgan fingerprint density at radius 3 is 2.43 bits per heavy atom. The predicted molar refractivity (Wildman–Crippen MR) is 107 cm³/mol. The van der Waals surface area contributed by atoms with Crippen LogP contribution in [0.4, 0.5) is 0 Å². The fourth-order valence-electron chi connectivity index (χ4n) is 8.57. The Morgan fingerprint density at radius 2 is 1.68 bits per heavy atom. The van der Waals surface area contributed by atoms with Gasteiger partial charge >= 0.3 is 5.97 Å². The van der Waals surface area contributed by atoms with E-state index in [0.29, 0.717) is 11.3 Å². The van der Waals surface area contributed by atoms with Crippen molar-refractivity contribution < 1.29 is 19.0 Å². The SMILES string of the molecule is CC(=O)O[C@@H]1CC[C@]2(C)C3CC[C@@]4(C)[C@@H](CCC45OCCCO5)[C@@H]3CC[C@@H]2C1. The van der Waals surface area contributed by atoms with Crippen LogP contribution in [0.25, 0.3) is 0 Å². The Labute approximate surface area is 170 Å². The van der Waals surface area contributed by atoms with Crippen LogP contribution < -0.4 is 0 Å². The zero-order valence-electron chi connectivity index (χ0n) is 18.0. The molecule has 0 radical (unpaired) electrons. The summed E-state index contributed by atoms with van der Waals surface area (Å²) in [4.78, 5) is 11.4. The van der Waals surface area contributed by atoms with Crippen molar-refractivity contribution in [2.45, 2.75) is 96.9 Å². The van der Waals surface area contributed by atoms with Gasteiger partial charge in [0.05, 0.1) is 13.2 Å². The normalized spacial score (nSPS) is 49.8. The van der Waals surface area contributed by atoms with Crippen LogP contribution >= 0.6 is 0 Å². The molecule has 4 aliphatic carbocycles. The summed E-state index contributed by atoms with van der Waals surface area (Å²) in [6.45, 7) is 8.34. The molecule has 1 heterocycles. The highest BCUT2D eigenvalue weighted by molar-refractivity contribution is 5.66. The largest absolute Gasteiger partial charge is 0.463 e. The van der Waals surface area contributed by atoms with Gasteiger partial charge in [0.25, 0.3) is 0 Å². The summed E-state index contributed by atoms with van der Waals surface area (Å²) in [7, 11) is 0. The Morgan fingerprint density at radius 1 is 0.929 bits per heavy atom. The van der Waals surface area contributed by atoms with E-state index in [4.69, 9.17) is 14.2 Å². The van der Waals surface area contributed by atoms with Gasteiger partial charge in [-0.3, -0.25) is 4.79 Å². The number of esters is 1. The van der Waals surface area contributed by atoms with Gasteiger partial charge in [0.2, 0.25) is 0 Å². The summed E-state index contributed by atoms with van der Waals surface area (Å²) >= 11 is 0. The van der Waals surface area contributed by atoms with E-state index in [2.05, 4.69) is 13.8 Å². The van der Waals surface area contributed by atoms with Crippen molar-refractivity contribution in [3.63, 3.8) is 0 Å². The molecule has 1 saturated heterocycles. The molecule has 28 heavy (non-hydrogen) atoms. The number of ether oxygens (including phenoxy) is 3. The lowest BCUT2D eigenvalue weighted by Crippen LogP contribution is -2.59. The zero-order chi connectivity index (χ0) is 19.6. The van der Waals surface area contributed by atoms with Crippen molar-refractivity contribution in [1.29, 1.82) is 0 Å². The van der Waals surface area contributed by atoms with Gasteiger partial charge < -0.3 is 14.2 Å². The molecule has 0 bridgehead atoms. The number of hydrogen-bond acceptors (Lipinski definition) is 4. The maximum atomic E-state index is 11.4. The van der Waals surface area contributed by atoms with Gasteiger partial charge in [0.1, 0.15) is 6.10 Å². The lowest BCUT2D eigenvalue weighted by Gasteiger charge is -2.62. The summed E-state index contributed by atoms with van der Waals surface area (Å²) in [5, 5.41) is 0. The standard InChI is InChI=1S/C24H38O4/c1-16(25)28-18-7-10-22(2)17(15-18)5-6-19-20(22)8-11-23(3)21(19)9-12-24(23)26-13-4-14-27-24/h17-21H,4-15H2,1-3H3/t17-,18-,19-,20?,21+,22+,23+/m1/s1. The minimum absolute atomic E-state index is 0.112. The van der Waals surface area contributed by atoms with E-state index in [1.54, 1.807) is 6.92 Å². The molecule has 0 amide bonds. The Hall–Kier alpha value is -0.610. The molecule has 5 rings (SSSR count).